The molecular weight excluding hydrogens is 476 g/mol. The first-order valence-corrected chi connectivity index (χ1v) is 13.3. The molecule has 1 aliphatic heterocycles. The number of rotatable bonds is 10. The molecule has 1 aromatic heterocycles. The first-order chi connectivity index (χ1) is 17.6. The van der Waals surface area contributed by atoms with Crippen molar-refractivity contribution >= 4 is 23.4 Å². The summed E-state index contributed by atoms with van der Waals surface area (Å²) in [7, 11) is 1.58. The number of hydrogen-bond donors (Lipinski definition) is 0. The summed E-state index contributed by atoms with van der Waals surface area (Å²) < 4.78 is 18.0. The highest BCUT2D eigenvalue weighted by molar-refractivity contribution is 7.99. The average molecular weight is 509 g/mol. The Morgan fingerprint density at radius 1 is 1.08 bits per heavy atom. The molecule has 2 heterocycles. The van der Waals surface area contributed by atoms with E-state index in [1.807, 2.05) is 49.4 Å². The highest BCUT2D eigenvalue weighted by Gasteiger charge is 2.36. The van der Waals surface area contributed by atoms with E-state index in [1.54, 1.807) is 23.8 Å². The molecule has 0 bridgehead atoms. The minimum absolute atomic E-state index is 0.192. The number of carbonyl (C=O) groups is 1. The zero-order valence-corrected chi connectivity index (χ0v) is 22.0. The van der Waals surface area contributed by atoms with Gasteiger partial charge in [-0.25, -0.2) is 0 Å². The topological polar surface area (TPSA) is 86.7 Å². The van der Waals surface area contributed by atoms with Crippen LogP contribution in [0.3, 0.4) is 0 Å². The summed E-state index contributed by atoms with van der Waals surface area (Å²) in [6.45, 7) is 6.09. The Labute approximate surface area is 216 Å². The van der Waals surface area contributed by atoms with Crippen molar-refractivity contribution in [2.45, 2.75) is 57.8 Å². The molecule has 1 aliphatic rings. The van der Waals surface area contributed by atoms with Crippen LogP contribution in [0.15, 0.2) is 47.6 Å². The summed E-state index contributed by atoms with van der Waals surface area (Å²) in [5.74, 6) is 2.12. The number of benzene rings is 2. The summed E-state index contributed by atoms with van der Waals surface area (Å²) >= 11 is 1.56. The number of carbonyl (C=O) groups excluding carboxylic acids is 1. The van der Waals surface area contributed by atoms with E-state index >= 15 is 0 Å². The predicted octanol–water partition coefficient (Wildman–Crippen LogP) is 6.06. The summed E-state index contributed by atoms with van der Waals surface area (Å²) in [5.41, 5.74) is 2.53. The molecule has 3 aromatic rings. The van der Waals surface area contributed by atoms with Crippen molar-refractivity contribution in [3.05, 3.63) is 48.0 Å². The Morgan fingerprint density at radius 3 is 2.67 bits per heavy atom. The molecule has 1 amide bonds. The van der Waals surface area contributed by atoms with Gasteiger partial charge in [-0.05, 0) is 31.5 Å². The summed E-state index contributed by atoms with van der Waals surface area (Å²) in [4.78, 5) is 19.4. The molecule has 0 spiro atoms. The molecule has 2 aromatic carbocycles. The van der Waals surface area contributed by atoms with Crippen molar-refractivity contribution < 1.29 is 19.0 Å². The quantitative estimate of drug-likeness (QED) is 0.241. The monoisotopic (exact) mass is 508 g/mol. The van der Waals surface area contributed by atoms with E-state index in [0.29, 0.717) is 46.1 Å². The Hall–Kier alpha value is -3.33. The van der Waals surface area contributed by atoms with Gasteiger partial charge < -0.3 is 14.2 Å². The Balaban J connectivity index is 1.80. The maximum Gasteiger partial charge on any atom is 0.247 e. The molecule has 8 nitrogen and oxygen atoms in total. The van der Waals surface area contributed by atoms with Crippen LogP contribution in [0, 0.1) is 0 Å². The van der Waals surface area contributed by atoms with Gasteiger partial charge >= 0.3 is 0 Å². The Bertz CT molecular complexity index is 1210. The maximum atomic E-state index is 13.1. The highest BCUT2D eigenvalue weighted by Crippen LogP contribution is 2.46. The van der Waals surface area contributed by atoms with E-state index in [9.17, 15) is 4.79 Å². The molecule has 0 saturated heterocycles. The zero-order chi connectivity index (χ0) is 25.5. The smallest absolute Gasteiger partial charge is 0.247 e. The third-order valence-corrected chi connectivity index (χ3v) is 6.78. The highest BCUT2D eigenvalue weighted by atomic mass is 32.2. The number of aromatic nitrogens is 3. The van der Waals surface area contributed by atoms with Gasteiger partial charge in [-0.2, -0.15) is 4.98 Å². The minimum Gasteiger partial charge on any atom is -0.492 e. The second-order valence-corrected chi connectivity index (χ2v) is 9.41. The first kappa shape index (κ1) is 25.8. The molecule has 0 saturated carbocycles. The molecule has 0 N–H and O–H groups in total. The predicted molar refractivity (Wildman–Crippen MR) is 141 cm³/mol. The zero-order valence-electron chi connectivity index (χ0n) is 21.2. The fraction of sp³-hybridized carbons (Fsp3) is 0.407. The van der Waals surface area contributed by atoms with Crippen molar-refractivity contribution in [2.75, 3.05) is 24.4 Å². The van der Waals surface area contributed by atoms with E-state index < -0.39 is 6.23 Å². The molecule has 190 valence electrons. The van der Waals surface area contributed by atoms with Crippen molar-refractivity contribution in [2.24, 2.45) is 0 Å². The van der Waals surface area contributed by atoms with Crippen LogP contribution in [0.5, 0.6) is 17.4 Å². The molecule has 9 heteroatoms. The van der Waals surface area contributed by atoms with Gasteiger partial charge in [0.2, 0.25) is 23.2 Å². The van der Waals surface area contributed by atoms with Gasteiger partial charge in [-0.3, -0.25) is 9.69 Å². The molecule has 1 atom stereocenters. The van der Waals surface area contributed by atoms with Gasteiger partial charge in [-0.1, -0.05) is 62.2 Å². The minimum atomic E-state index is -0.848. The lowest BCUT2D eigenvalue weighted by atomic mass is 10.1. The van der Waals surface area contributed by atoms with Crippen LogP contribution in [-0.2, 0) is 4.79 Å². The number of anilines is 1. The van der Waals surface area contributed by atoms with Crippen LogP contribution < -0.4 is 19.1 Å². The second kappa shape index (κ2) is 12.1. The number of methoxy groups -OCH3 is 1. The molecule has 36 heavy (non-hydrogen) atoms. The lowest BCUT2D eigenvalue weighted by Crippen LogP contribution is -2.36. The van der Waals surface area contributed by atoms with E-state index in [1.165, 1.54) is 26.2 Å². The fourth-order valence-corrected chi connectivity index (χ4v) is 5.00. The molecule has 0 radical (unpaired) electrons. The number of thioether (sulfide) groups is 1. The standard InChI is InChI=1S/C27H32N4O4S/c1-5-7-8-11-17-36-27-28-25-23(29-30-27)19-13-9-10-15-21(19)31(18(3)32)26(35-25)20-14-12-16-22(34-6-2)24(20)33-4/h9-10,12-16,26H,5-8,11,17H2,1-4H3/t26-/m0/s1. The van der Waals surface area contributed by atoms with Crippen LogP contribution in [-0.4, -0.2) is 40.6 Å². The fourth-order valence-electron chi connectivity index (χ4n) is 4.22. The van der Waals surface area contributed by atoms with Crippen LogP contribution in [0.4, 0.5) is 5.69 Å². The van der Waals surface area contributed by atoms with Crippen molar-refractivity contribution in [1.29, 1.82) is 0 Å². The summed E-state index contributed by atoms with van der Waals surface area (Å²) in [5, 5.41) is 9.41. The number of unbranched alkanes of at least 4 members (excludes halogenated alkanes) is 3. The lowest BCUT2D eigenvalue weighted by molar-refractivity contribution is -0.118. The van der Waals surface area contributed by atoms with Crippen molar-refractivity contribution in [1.82, 2.24) is 15.2 Å². The van der Waals surface area contributed by atoms with Gasteiger partial charge in [0.15, 0.2) is 17.2 Å². The number of hydrogen-bond acceptors (Lipinski definition) is 8. The molecule has 4 rings (SSSR count). The third kappa shape index (κ3) is 5.41. The Morgan fingerprint density at radius 2 is 1.92 bits per heavy atom. The van der Waals surface area contributed by atoms with Crippen LogP contribution in [0.1, 0.15) is 58.2 Å². The van der Waals surface area contributed by atoms with Crippen LogP contribution in [0.2, 0.25) is 0 Å². The van der Waals surface area contributed by atoms with Crippen LogP contribution in [0.25, 0.3) is 11.3 Å². The van der Waals surface area contributed by atoms with Crippen molar-refractivity contribution in [3.63, 3.8) is 0 Å². The SMILES string of the molecule is CCCCCCSc1nnc2c(n1)O[C@@H](c1cccc(OCC)c1OC)N(C(C)=O)c1ccccc1-2. The normalized spacial score (nSPS) is 14.3. The molecule has 0 unspecified atom stereocenters. The second-order valence-electron chi connectivity index (χ2n) is 8.35. The largest absolute Gasteiger partial charge is 0.492 e. The number of nitrogens with zero attached hydrogens (tertiary/aromatic N) is 4. The van der Waals surface area contributed by atoms with Gasteiger partial charge in [0.1, 0.15) is 0 Å². The lowest BCUT2D eigenvalue weighted by Gasteiger charge is -2.31. The van der Waals surface area contributed by atoms with E-state index in [0.717, 1.165) is 17.7 Å². The number of ether oxygens (including phenoxy) is 3. The molecule has 0 fully saturated rings. The molecular formula is C27H32N4O4S. The third-order valence-electron chi connectivity index (χ3n) is 5.86. The Kier molecular flexibility index (Phi) is 8.64. The van der Waals surface area contributed by atoms with E-state index in [4.69, 9.17) is 19.2 Å². The number of fused-ring (bicyclic) bond motifs is 3. The first-order valence-electron chi connectivity index (χ1n) is 12.3. The van der Waals surface area contributed by atoms with Gasteiger partial charge in [0.25, 0.3) is 0 Å². The van der Waals surface area contributed by atoms with Gasteiger partial charge in [-0.15, -0.1) is 10.2 Å². The van der Waals surface area contributed by atoms with Gasteiger partial charge in [0.05, 0.1) is 25.0 Å². The van der Waals surface area contributed by atoms with Crippen molar-refractivity contribution in [3.8, 4) is 28.6 Å². The summed E-state index contributed by atoms with van der Waals surface area (Å²) in [6.07, 6.45) is 3.83. The summed E-state index contributed by atoms with van der Waals surface area (Å²) in [6, 6.07) is 13.1. The average Bonchev–Trinajstić information content (AvgIpc) is 3.03. The number of para-hydroxylation sites is 2. The maximum absolute atomic E-state index is 13.1. The van der Waals surface area contributed by atoms with E-state index in [2.05, 4.69) is 17.1 Å². The van der Waals surface area contributed by atoms with Gasteiger partial charge in [0, 0.05) is 18.2 Å². The number of amides is 1. The molecule has 0 aliphatic carbocycles. The van der Waals surface area contributed by atoms with Crippen LogP contribution >= 0.6 is 11.8 Å². The van der Waals surface area contributed by atoms with E-state index in [-0.39, 0.29) is 5.91 Å².